The van der Waals surface area contributed by atoms with Gasteiger partial charge in [-0.2, -0.15) is 0 Å². The van der Waals surface area contributed by atoms with Crippen molar-refractivity contribution < 1.29 is 4.21 Å². The summed E-state index contributed by atoms with van der Waals surface area (Å²) in [6, 6.07) is 0. The summed E-state index contributed by atoms with van der Waals surface area (Å²) in [5.41, 5.74) is 0.779. The number of aromatic nitrogens is 2. The van der Waals surface area contributed by atoms with Gasteiger partial charge in [0.05, 0.1) is 16.5 Å². The summed E-state index contributed by atoms with van der Waals surface area (Å²) in [5.74, 6) is 1.22. The van der Waals surface area contributed by atoms with E-state index in [0.717, 1.165) is 25.2 Å². The molecule has 5 heteroatoms. The van der Waals surface area contributed by atoms with Crippen LogP contribution in [0.5, 0.6) is 0 Å². The van der Waals surface area contributed by atoms with Gasteiger partial charge in [-0.05, 0) is 32.4 Å². The first kappa shape index (κ1) is 10.7. The first-order valence-electron chi connectivity index (χ1n) is 5.14. The second-order valence-electron chi connectivity index (χ2n) is 3.82. The smallest absolute Gasteiger partial charge is 0.148 e. The lowest BCUT2D eigenvalue weighted by Gasteiger charge is -2.08. The summed E-state index contributed by atoms with van der Waals surface area (Å²) in [6.07, 6.45) is 4.35. The lowest BCUT2D eigenvalue weighted by Crippen LogP contribution is -2.16. The Balaban J connectivity index is 2.04. The number of hydrogen-bond acceptors (Lipinski definition) is 4. The van der Waals surface area contributed by atoms with Crippen LogP contribution >= 0.6 is 0 Å². The normalized spacial score (nSPS) is 22.9. The molecule has 0 saturated carbocycles. The van der Waals surface area contributed by atoms with Gasteiger partial charge in [0.25, 0.3) is 0 Å². The minimum Gasteiger partial charge on any atom is -0.316 e. The zero-order chi connectivity index (χ0) is 10.7. The number of nitrogens with one attached hydrogen (secondary N) is 1. The van der Waals surface area contributed by atoms with Gasteiger partial charge in [-0.1, -0.05) is 0 Å². The maximum atomic E-state index is 12.0. The first-order chi connectivity index (χ1) is 7.27. The Hall–Kier alpha value is -0.810. The van der Waals surface area contributed by atoms with Crippen molar-refractivity contribution in [1.29, 1.82) is 0 Å². The third-order valence-corrected chi connectivity index (χ3v) is 4.21. The maximum Gasteiger partial charge on any atom is 0.148 e. The van der Waals surface area contributed by atoms with Crippen molar-refractivity contribution in [3.05, 3.63) is 18.1 Å². The molecule has 1 fully saturated rings. The highest BCUT2D eigenvalue weighted by atomic mass is 32.2. The van der Waals surface area contributed by atoms with E-state index < -0.39 is 10.8 Å². The zero-order valence-electron chi connectivity index (χ0n) is 8.77. The van der Waals surface area contributed by atoms with Gasteiger partial charge in [0, 0.05) is 18.1 Å². The first-order valence-corrected chi connectivity index (χ1v) is 6.46. The predicted molar refractivity (Wildman–Crippen MR) is 59.0 cm³/mol. The summed E-state index contributed by atoms with van der Waals surface area (Å²) in [7, 11) is -0.998. The van der Waals surface area contributed by atoms with Gasteiger partial charge in [-0.3, -0.25) is 9.19 Å². The molecule has 15 heavy (non-hydrogen) atoms. The largest absolute Gasteiger partial charge is 0.316 e. The van der Waals surface area contributed by atoms with Crippen molar-refractivity contribution in [2.45, 2.75) is 18.4 Å². The van der Waals surface area contributed by atoms with E-state index in [2.05, 4.69) is 15.3 Å². The summed E-state index contributed by atoms with van der Waals surface area (Å²) >= 11 is 0. The van der Waals surface area contributed by atoms with E-state index in [9.17, 15) is 4.21 Å². The van der Waals surface area contributed by atoms with Crippen LogP contribution in [0.25, 0.3) is 0 Å². The highest BCUT2D eigenvalue weighted by Gasteiger charge is 2.19. The third kappa shape index (κ3) is 2.60. The minimum absolute atomic E-state index is 0.521. The lowest BCUT2D eigenvalue weighted by atomic mass is 10.2. The average Bonchev–Trinajstić information content (AvgIpc) is 2.71. The van der Waals surface area contributed by atoms with E-state index in [1.165, 1.54) is 0 Å². The zero-order valence-corrected chi connectivity index (χ0v) is 9.59. The molecule has 4 nitrogen and oxygen atoms in total. The molecular weight excluding hydrogens is 210 g/mol. The highest BCUT2D eigenvalue weighted by molar-refractivity contribution is 7.85. The van der Waals surface area contributed by atoms with Crippen LogP contribution in [0.3, 0.4) is 0 Å². The fraction of sp³-hybridized carbons (Fsp3) is 0.600. The molecule has 0 aromatic carbocycles. The molecule has 2 atom stereocenters. The van der Waals surface area contributed by atoms with Gasteiger partial charge < -0.3 is 5.32 Å². The molecule has 2 heterocycles. The molecule has 2 unspecified atom stereocenters. The molecule has 0 radical (unpaired) electrons. The van der Waals surface area contributed by atoms with Gasteiger partial charge in [0.2, 0.25) is 0 Å². The second kappa shape index (κ2) is 4.81. The van der Waals surface area contributed by atoms with Crippen LogP contribution in [0, 0.1) is 12.8 Å². The molecule has 1 aromatic rings. The quantitative estimate of drug-likeness (QED) is 0.814. The SMILES string of the molecule is Cc1nccnc1S(=O)CC1CCNC1. The van der Waals surface area contributed by atoms with Crippen molar-refractivity contribution in [1.82, 2.24) is 15.3 Å². The number of nitrogens with zero attached hydrogens (tertiary/aromatic N) is 2. The number of aryl methyl sites for hydroxylation is 1. The molecule has 1 N–H and O–H groups in total. The Morgan fingerprint density at radius 2 is 2.33 bits per heavy atom. The molecule has 0 aliphatic carbocycles. The lowest BCUT2D eigenvalue weighted by molar-refractivity contribution is 0.630. The molecule has 1 aromatic heterocycles. The molecule has 2 rings (SSSR count). The van der Waals surface area contributed by atoms with Gasteiger partial charge in [-0.25, -0.2) is 4.98 Å². The van der Waals surface area contributed by atoms with E-state index in [1.807, 2.05) is 6.92 Å². The highest BCUT2D eigenvalue weighted by Crippen LogP contribution is 2.14. The van der Waals surface area contributed by atoms with E-state index in [0.29, 0.717) is 16.7 Å². The fourth-order valence-electron chi connectivity index (χ4n) is 1.77. The Morgan fingerprint density at radius 1 is 1.53 bits per heavy atom. The molecule has 0 spiro atoms. The third-order valence-electron chi connectivity index (χ3n) is 2.60. The van der Waals surface area contributed by atoms with E-state index in [4.69, 9.17) is 0 Å². The Bertz CT molecular complexity index is 363. The van der Waals surface area contributed by atoms with Gasteiger partial charge in [0.1, 0.15) is 5.03 Å². The van der Waals surface area contributed by atoms with Crippen LogP contribution < -0.4 is 5.32 Å². The Morgan fingerprint density at radius 3 is 3.00 bits per heavy atom. The summed E-state index contributed by atoms with van der Waals surface area (Å²) in [6.45, 7) is 3.87. The summed E-state index contributed by atoms with van der Waals surface area (Å²) < 4.78 is 12.0. The van der Waals surface area contributed by atoms with Gasteiger partial charge in [0.15, 0.2) is 0 Å². The monoisotopic (exact) mass is 225 g/mol. The van der Waals surface area contributed by atoms with Crippen LogP contribution in [0.15, 0.2) is 17.4 Å². The molecule has 82 valence electrons. The van der Waals surface area contributed by atoms with Crippen molar-refractivity contribution in [2.75, 3.05) is 18.8 Å². The maximum absolute atomic E-state index is 12.0. The van der Waals surface area contributed by atoms with Crippen molar-refractivity contribution in [3.8, 4) is 0 Å². The molecular formula is C10H15N3OS. The van der Waals surface area contributed by atoms with Crippen LogP contribution in [0.4, 0.5) is 0 Å². The van der Waals surface area contributed by atoms with E-state index in [1.54, 1.807) is 12.4 Å². The Labute approximate surface area is 92.0 Å². The molecule has 0 amide bonds. The second-order valence-corrected chi connectivity index (χ2v) is 5.23. The van der Waals surface area contributed by atoms with Gasteiger partial charge in [-0.15, -0.1) is 0 Å². The molecule has 1 aliphatic rings. The molecule has 1 aliphatic heterocycles. The molecule has 0 bridgehead atoms. The number of hydrogen-bond donors (Lipinski definition) is 1. The summed E-state index contributed by atoms with van der Waals surface area (Å²) in [5, 5.41) is 3.92. The van der Waals surface area contributed by atoms with Crippen LogP contribution in [0.1, 0.15) is 12.1 Å². The van der Waals surface area contributed by atoms with Crippen LogP contribution in [-0.2, 0) is 10.8 Å². The van der Waals surface area contributed by atoms with Gasteiger partial charge >= 0.3 is 0 Å². The van der Waals surface area contributed by atoms with Crippen LogP contribution in [-0.4, -0.2) is 33.0 Å². The topological polar surface area (TPSA) is 54.9 Å². The van der Waals surface area contributed by atoms with Crippen molar-refractivity contribution >= 4 is 10.8 Å². The molecule has 1 saturated heterocycles. The van der Waals surface area contributed by atoms with Crippen molar-refractivity contribution in [2.24, 2.45) is 5.92 Å². The minimum atomic E-state index is -0.998. The predicted octanol–water partition coefficient (Wildman–Crippen LogP) is 0.502. The average molecular weight is 225 g/mol. The van der Waals surface area contributed by atoms with E-state index in [-0.39, 0.29) is 0 Å². The summed E-state index contributed by atoms with van der Waals surface area (Å²) in [4.78, 5) is 8.24. The Kier molecular flexibility index (Phi) is 3.43. The number of rotatable bonds is 3. The fourth-order valence-corrected chi connectivity index (χ4v) is 3.20. The van der Waals surface area contributed by atoms with Crippen LogP contribution in [0.2, 0.25) is 0 Å². The standard InChI is InChI=1S/C10H15N3OS/c1-8-10(13-5-4-12-8)15(14)7-9-2-3-11-6-9/h4-5,9,11H,2-3,6-7H2,1H3. The van der Waals surface area contributed by atoms with Crippen molar-refractivity contribution in [3.63, 3.8) is 0 Å². The van der Waals surface area contributed by atoms with E-state index >= 15 is 0 Å².